The van der Waals surface area contributed by atoms with Crippen molar-refractivity contribution in [1.29, 1.82) is 0 Å². The maximum Gasteiger partial charge on any atom is 0.0778 e. The molecular formula is C13H26O. The fraction of sp³-hybridized carbons (Fsp3) is 0.846. The highest BCUT2D eigenvalue weighted by Crippen LogP contribution is 2.15. The van der Waals surface area contributed by atoms with Crippen molar-refractivity contribution in [2.24, 2.45) is 0 Å². The molecule has 0 spiro atoms. The molecule has 0 N–H and O–H groups in total. The molecule has 0 aromatic heterocycles. The van der Waals surface area contributed by atoms with E-state index in [9.17, 15) is 0 Å². The largest absolute Gasteiger partial charge is 0.377 e. The van der Waals surface area contributed by atoms with Gasteiger partial charge in [0.25, 0.3) is 0 Å². The molecule has 1 heteroatoms. The summed E-state index contributed by atoms with van der Waals surface area (Å²) in [5.41, 5.74) is 1.39. The van der Waals surface area contributed by atoms with Crippen LogP contribution < -0.4 is 0 Å². The predicted octanol–water partition coefficient (Wildman–Crippen LogP) is 4.33. The van der Waals surface area contributed by atoms with Gasteiger partial charge in [-0.3, -0.25) is 0 Å². The molecule has 1 atom stereocenters. The molecule has 0 aliphatic heterocycles. The van der Waals surface area contributed by atoms with Crippen LogP contribution >= 0.6 is 0 Å². The summed E-state index contributed by atoms with van der Waals surface area (Å²) in [6.07, 6.45) is 10.2. The van der Waals surface area contributed by atoms with Gasteiger partial charge in [0, 0.05) is 7.11 Å². The first kappa shape index (κ1) is 13.7. The molecule has 0 aromatic rings. The molecule has 1 nitrogen and oxygen atoms in total. The van der Waals surface area contributed by atoms with Crippen molar-refractivity contribution in [2.75, 3.05) is 7.11 Å². The minimum Gasteiger partial charge on any atom is -0.377 e. The zero-order valence-electron chi connectivity index (χ0n) is 10.3. The summed E-state index contributed by atoms with van der Waals surface area (Å²) in [6, 6.07) is 0. The smallest absolute Gasteiger partial charge is 0.0778 e. The van der Waals surface area contributed by atoms with Crippen LogP contribution in [0.15, 0.2) is 11.6 Å². The van der Waals surface area contributed by atoms with Gasteiger partial charge in [-0.2, -0.15) is 0 Å². The second kappa shape index (κ2) is 9.26. The highest BCUT2D eigenvalue weighted by atomic mass is 16.5. The van der Waals surface area contributed by atoms with Gasteiger partial charge < -0.3 is 4.74 Å². The van der Waals surface area contributed by atoms with E-state index >= 15 is 0 Å². The summed E-state index contributed by atoms with van der Waals surface area (Å²) in [7, 11) is 1.82. The first-order valence-electron chi connectivity index (χ1n) is 5.95. The molecule has 0 aliphatic carbocycles. The first-order chi connectivity index (χ1) is 6.76. The number of ether oxygens (including phenoxy) is 1. The second-order valence-corrected chi connectivity index (χ2v) is 3.93. The highest BCUT2D eigenvalue weighted by Gasteiger charge is 2.07. The van der Waals surface area contributed by atoms with E-state index in [2.05, 4.69) is 26.8 Å². The first-order valence-corrected chi connectivity index (χ1v) is 5.95. The monoisotopic (exact) mass is 198 g/mol. The molecule has 0 saturated carbocycles. The van der Waals surface area contributed by atoms with E-state index in [1.807, 2.05) is 7.11 Å². The predicted molar refractivity (Wildman–Crippen MR) is 63.6 cm³/mol. The van der Waals surface area contributed by atoms with Gasteiger partial charge in [0.15, 0.2) is 0 Å². The number of methoxy groups -OCH3 is 1. The molecule has 0 radical (unpaired) electrons. The lowest BCUT2D eigenvalue weighted by atomic mass is 10.0. The zero-order chi connectivity index (χ0) is 10.8. The molecule has 0 bridgehead atoms. The lowest BCUT2D eigenvalue weighted by Crippen LogP contribution is -2.11. The van der Waals surface area contributed by atoms with E-state index in [-0.39, 0.29) is 0 Å². The summed E-state index contributed by atoms with van der Waals surface area (Å²) < 4.78 is 5.48. The molecule has 0 fully saturated rings. The van der Waals surface area contributed by atoms with E-state index in [1.54, 1.807) is 0 Å². The second-order valence-electron chi connectivity index (χ2n) is 3.93. The Morgan fingerprint density at radius 2 is 1.93 bits per heavy atom. The van der Waals surface area contributed by atoms with E-state index in [0.717, 1.165) is 6.42 Å². The maximum absolute atomic E-state index is 5.48. The normalized spacial score (nSPS) is 14.4. The molecule has 0 saturated heterocycles. The fourth-order valence-corrected chi connectivity index (χ4v) is 1.74. The van der Waals surface area contributed by atoms with Crippen LogP contribution in [0.3, 0.4) is 0 Å². The van der Waals surface area contributed by atoms with Crippen LogP contribution in [0.5, 0.6) is 0 Å². The zero-order valence-corrected chi connectivity index (χ0v) is 10.3. The standard InChI is InChI=1S/C13H26O/c1-5-7-8-9-11-13(14-4)12(3)10-6-2/h10,13H,5-9,11H2,1-4H3. The van der Waals surface area contributed by atoms with Crippen LogP contribution in [0.2, 0.25) is 0 Å². The number of rotatable bonds is 8. The van der Waals surface area contributed by atoms with Crippen molar-refractivity contribution in [3.8, 4) is 0 Å². The van der Waals surface area contributed by atoms with Crippen LogP contribution in [0, 0.1) is 0 Å². The number of hydrogen-bond donors (Lipinski definition) is 0. The number of allylic oxidation sites excluding steroid dienone is 1. The van der Waals surface area contributed by atoms with Gasteiger partial charge in [0.2, 0.25) is 0 Å². The van der Waals surface area contributed by atoms with Crippen molar-refractivity contribution >= 4 is 0 Å². The van der Waals surface area contributed by atoms with Gasteiger partial charge >= 0.3 is 0 Å². The summed E-state index contributed by atoms with van der Waals surface area (Å²) in [4.78, 5) is 0. The number of unbranched alkanes of at least 4 members (excludes halogenated alkanes) is 3. The van der Waals surface area contributed by atoms with Crippen molar-refractivity contribution < 1.29 is 4.74 Å². The van der Waals surface area contributed by atoms with E-state index in [1.165, 1.54) is 37.7 Å². The molecule has 1 unspecified atom stereocenters. The van der Waals surface area contributed by atoms with Crippen LogP contribution in [-0.2, 0) is 4.74 Å². The van der Waals surface area contributed by atoms with E-state index in [0.29, 0.717) is 6.10 Å². The summed E-state index contributed by atoms with van der Waals surface area (Å²) in [5, 5.41) is 0. The van der Waals surface area contributed by atoms with Crippen molar-refractivity contribution in [3.63, 3.8) is 0 Å². The molecule has 84 valence electrons. The molecule has 0 aliphatic rings. The Hall–Kier alpha value is -0.300. The summed E-state index contributed by atoms with van der Waals surface area (Å²) in [5.74, 6) is 0. The minimum atomic E-state index is 0.354. The van der Waals surface area contributed by atoms with Crippen LogP contribution in [-0.4, -0.2) is 13.2 Å². The van der Waals surface area contributed by atoms with E-state index < -0.39 is 0 Å². The molecule has 0 rings (SSSR count). The molecule has 14 heavy (non-hydrogen) atoms. The van der Waals surface area contributed by atoms with E-state index in [4.69, 9.17) is 4.74 Å². The minimum absolute atomic E-state index is 0.354. The molecule has 0 amide bonds. The Morgan fingerprint density at radius 3 is 2.43 bits per heavy atom. The lowest BCUT2D eigenvalue weighted by Gasteiger charge is -2.15. The van der Waals surface area contributed by atoms with Crippen molar-refractivity contribution in [2.45, 2.75) is 65.4 Å². The Labute approximate surface area is 89.5 Å². The third-order valence-corrected chi connectivity index (χ3v) is 2.64. The third kappa shape index (κ3) is 6.20. The van der Waals surface area contributed by atoms with Crippen molar-refractivity contribution in [1.82, 2.24) is 0 Å². The van der Waals surface area contributed by atoms with Gasteiger partial charge in [0.1, 0.15) is 0 Å². The van der Waals surface area contributed by atoms with Gasteiger partial charge in [0.05, 0.1) is 6.10 Å². The fourth-order valence-electron chi connectivity index (χ4n) is 1.74. The molecular weight excluding hydrogens is 172 g/mol. The topological polar surface area (TPSA) is 9.23 Å². The van der Waals surface area contributed by atoms with Gasteiger partial charge in [-0.15, -0.1) is 0 Å². The third-order valence-electron chi connectivity index (χ3n) is 2.64. The molecule has 0 heterocycles. The van der Waals surface area contributed by atoms with Gasteiger partial charge in [-0.1, -0.05) is 45.6 Å². The Kier molecular flexibility index (Phi) is 9.06. The average Bonchev–Trinajstić information content (AvgIpc) is 2.18. The SMILES string of the molecule is CCC=C(C)C(CCCCCC)OC. The number of hydrogen-bond acceptors (Lipinski definition) is 1. The Morgan fingerprint density at radius 1 is 1.21 bits per heavy atom. The Bertz CT molecular complexity index is 149. The Balaban J connectivity index is 3.73. The van der Waals surface area contributed by atoms with Crippen LogP contribution in [0.1, 0.15) is 59.3 Å². The van der Waals surface area contributed by atoms with Crippen LogP contribution in [0.4, 0.5) is 0 Å². The van der Waals surface area contributed by atoms with Gasteiger partial charge in [-0.05, 0) is 25.3 Å². The van der Waals surface area contributed by atoms with Crippen molar-refractivity contribution in [3.05, 3.63) is 11.6 Å². The van der Waals surface area contributed by atoms with Crippen LogP contribution in [0.25, 0.3) is 0 Å². The average molecular weight is 198 g/mol. The lowest BCUT2D eigenvalue weighted by molar-refractivity contribution is 0.121. The maximum atomic E-state index is 5.48. The quantitative estimate of drug-likeness (QED) is 0.417. The van der Waals surface area contributed by atoms with Gasteiger partial charge in [-0.25, -0.2) is 0 Å². The summed E-state index contributed by atoms with van der Waals surface area (Å²) >= 11 is 0. The molecule has 0 aromatic carbocycles. The highest BCUT2D eigenvalue weighted by molar-refractivity contribution is 5.04. The summed E-state index contributed by atoms with van der Waals surface area (Å²) in [6.45, 7) is 6.60.